The number of ether oxygens (including phenoxy) is 1. The van der Waals surface area contributed by atoms with E-state index >= 15 is 0 Å². The van der Waals surface area contributed by atoms with Crippen LogP contribution in [0.25, 0.3) is 0 Å². The van der Waals surface area contributed by atoms with Crippen molar-refractivity contribution in [1.29, 1.82) is 0 Å². The Morgan fingerprint density at radius 3 is 2.20 bits per heavy atom. The molecule has 8 heteroatoms. The number of nitrogens with zero attached hydrogens (tertiary/aromatic N) is 2. The minimum atomic E-state index is -0.517. The summed E-state index contributed by atoms with van der Waals surface area (Å²) in [5.41, 5.74) is 9.83. The molecule has 0 bridgehead atoms. The molecule has 0 saturated heterocycles. The van der Waals surface area contributed by atoms with Gasteiger partial charge in [-0.3, -0.25) is 4.79 Å². The maximum Gasteiger partial charge on any atom is 0.407 e. The number of allylic oxidation sites excluding steroid dienone is 7. The molecule has 0 radical (unpaired) electrons. The Labute approximate surface area is 328 Å². The standard InChI is InChI=1S/C46H60N4O3S/c1-44(2,3)53-43(52)48-34-25-23-33(24-26-34)47-41(51)29-30-54-42-31(21-27-39-45(4,5)35-17-10-12-19-37(35)49(39)8)15-14-16-32(42)22-28-40-46(6,7)36-18-11-13-20-38(36)50(40)9/h10-13,17-22,27-28,33-34H,14-16,23-26,29-30H2,1-9H3,(H-,47,48,51,52)/p+1/t33-,34-. The van der Waals surface area contributed by atoms with Gasteiger partial charge in [-0.15, -0.1) is 11.8 Å². The van der Waals surface area contributed by atoms with Gasteiger partial charge in [-0.05, 0) is 108 Å². The number of para-hydroxylation sites is 2. The van der Waals surface area contributed by atoms with Gasteiger partial charge in [0.05, 0.1) is 5.41 Å². The first-order chi connectivity index (χ1) is 25.6. The van der Waals surface area contributed by atoms with E-state index in [9.17, 15) is 9.59 Å². The second-order valence-electron chi connectivity index (χ2n) is 17.4. The highest BCUT2D eigenvalue weighted by Crippen LogP contribution is 2.47. The van der Waals surface area contributed by atoms with E-state index in [4.69, 9.17) is 4.74 Å². The van der Waals surface area contributed by atoms with Crippen LogP contribution in [0.4, 0.5) is 16.2 Å². The van der Waals surface area contributed by atoms with E-state index in [-0.39, 0.29) is 34.9 Å². The van der Waals surface area contributed by atoms with Crippen LogP contribution < -0.4 is 15.5 Å². The number of thioether (sulfide) groups is 1. The number of anilines is 1. The molecular weight excluding hydrogens is 689 g/mol. The zero-order valence-corrected chi connectivity index (χ0v) is 34.8. The minimum Gasteiger partial charge on any atom is -0.444 e. The molecule has 288 valence electrons. The highest BCUT2D eigenvalue weighted by molar-refractivity contribution is 8.03. The van der Waals surface area contributed by atoms with Crippen molar-refractivity contribution in [3.63, 3.8) is 0 Å². The first-order valence-electron chi connectivity index (χ1n) is 19.8. The summed E-state index contributed by atoms with van der Waals surface area (Å²) in [6.45, 7) is 14.9. The molecule has 54 heavy (non-hydrogen) atoms. The van der Waals surface area contributed by atoms with Crippen molar-refractivity contribution in [2.75, 3.05) is 24.7 Å². The van der Waals surface area contributed by atoms with Crippen molar-refractivity contribution in [2.24, 2.45) is 0 Å². The third-order valence-corrected chi connectivity index (χ3v) is 12.9. The molecule has 2 N–H and O–H groups in total. The monoisotopic (exact) mass is 749 g/mol. The fraction of sp³-hybridized carbons (Fsp3) is 0.500. The SMILES string of the molecule is CN1/C(=C/C=C2\CCCC(/C=C/C3=[N+](C)c4ccccc4C3(C)C)=C2SCCC(=O)N[C@H]2CC[C@H](NC(=O)OC(C)(C)C)CC2)C(C)(C)c2ccccc21. The van der Waals surface area contributed by atoms with Crippen LogP contribution in [0.1, 0.15) is 111 Å². The summed E-state index contributed by atoms with van der Waals surface area (Å²) >= 11 is 1.83. The molecule has 0 aromatic heterocycles. The molecule has 2 amide bonds. The van der Waals surface area contributed by atoms with Crippen molar-refractivity contribution >= 4 is 40.8 Å². The summed E-state index contributed by atoms with van der Waals surface area (Å²) in [5, 5.41) is 6.30. The minimum absolute atomic E-state index is 0.0825. The van der Waals surface area contributed by atoms with E-state index in [1.165, 1.54) is 50.0 Å². The first kappa shape index (κ1) is 39.6. The molecule has 2 aliphatic carbocycles. The van der Waals surface area contributed by atoms with Gasteiger partial charge in [-0.25, -0.2) is 4.79 Å². The molecule has 2 aliphatic heterocycles. The van der Waals surface area contributed by atoms with Gasteiger partial charge in [0.15, 0.2) is 5.71 Å². The fourth-order valence-corrected chi connectivity index (χ4v) is 9.97. The maximum absolute atomic E-state index is 13.3. The Bertz CT molecular complexity index is 1920. The third kappa shape index (κ3) is 8.59. The normalized spacial score (nSPS) is 23.6. The van der Waals surface area contributed by atoms with E-state index in [0.29, 0.717) is 12.2 Å². The molecule has 2 aromatic rings. The van der Waals surface area contributed by atoms with E-state index in [1.807, 2.05) is 32.5 Å². The number of nitrogens with one attached hydrogen (secondary N) is 2. The number of benzene rings is 2. The second kappa shape index (κ2) is 16.0. The van der Waals surface area contributed by atoms with Crippen molar-refractivity contribution in [3.8, 4) is 0 Å². The van der Waals surface area contributed by atoms with Gasteiger partial charge >= 0.3 is 6.09 Å². The molecule has 2 heterocycles. The third-order valence-electron chi connectivity index (χ3n) is 11.6. The van der Waals surface area contributed by atoms with Gasteiger partial charge in [-0.1, -0.05) is 62.4 Å². The summed E-state index contributed by atoms with van der Waals surface area (Å²) in [6, 6.07) is 17.7. The summed E-state index contributed by atoms with van der Waals surface area (Å²) < 4.78 is 7.77. The number of fused-ring (bicyclic) bond motifs is 2. The molecule has 6 rings (SSSR count). The Hall–Kier alpha value is -4.04. The van der Waals surface area contributed by atoms with Crippen molar-refractivity contribution in [2.45, 2.75) is 128 Å². The van der Waals surface area contributed by atoms with Crippen LogP contribution in [0.5, 0.6) is 0 Å². The largest absolute Gasteiger partial charge is 0.444 e. The Kier molecular flexibility index (Phi) is 11.7. The summed E-state index contributed by atoms with van der Waals surface area (Å²) in [6.07, 6.45) is 16.0. The lowest BCUT2D eigenvalue weighted by Gasteiger charge is -2.30. The van der Waals surface area contributed by atoms with Crippen LogP contribution in [0, 0.1) is 0 Å². The Balaban J connectivity index is 1.18. The van der Waals surface area contributed by atoms with Crippen LogP contribution in [0.2, 0.25) is 0 Å². The van der Waals surface area contributed by atoms with E-state index in [1.54, 1.807) is 0 Å². The van der Waals surface area contributed by atoms with Crippen molar-refractivity contribution < 1.29 is 18.9 Å². The van der Waals surface area contributed by atoms with Gasteiger partial charge in [-0.2, -0.15) is 4.58 Å². The quantitative estimate of drug-likeness (QED) is 0.250. The second-order valence-corrected chi connectivity index (χ2v) is 18.5. The number of rotatable bonds is 9. The molecule has 1 fully saturated rings. The van der Waals surface area contributed by atoms with E-state index in [0.717, 1.165) is 44.9 Å². The van der Waals surface area contributed by atoms with Gasteiger partial charge in [0.2, 0.25) is 11.6 Å². The van der Waals surface area contributed by atoms with Crippen molar-refractivity contribution in [3.05, 3.63) is 106 Å². The van der Waals surface area contributed by atoms with Gasteiger partial charge in [0, 0.05) is 70.7 Å². The van der Waals surface area contributed by atoms with Crippen LogP contribution >= 0.6 is 11.8 Å². The first-order valence-corrected chi connectivity index (χ1v) is 20.8. The summed E-state index contributed by atoms with van der Waals surface area (Å²) in [4.78, 5) is 29.2. The zero-order chi connectivity index (χ0) is 38.8. The topological polar surface area (TPSA) is 73.7 Å². The van der Waals surface area contributed by atoms with Gasteiger partial charge in [0.1, 0.15) is 12.6 Å². The zero-order valence-electron chi connectivity index (χ0n) is 34.0. The maximum atomic E-state index is 13.3. The predicted octanol–water partition coefficient (Wildman–Crippen LogP) is 10.0. The summed E-state index contributed by atoms with van der Waals surface area (Å²) in [5.74, 6) is 0.814. The van der Waals surface area contributed by atoms with Crippen LogP contribution in [0.15, 0.2) is 94.6 Å². The van der Waals surface area contributed by atoms with Crippen molar-refractivity contribution in [1.82, 2.24) is 10.6 Å². The number of carbonyl (C=O) groups is 2. The number of hydrogen-bond donors (Lipinski definition) is 2. The van der Waals surface area contributed by atoms with E-state index in [2.05, 4.69) is 135 Å². The average molecular weight is 750 g/mol. The highest BCUT2D eigenvalue weighted by atomic mass is 32.2. The Morgan fingerprint density at radius 2 is 1.54 bits per heavy atom. The molecule has 0 atom stereocenters. The van der Waals surface area contributed by atoms with Crippen LogP contribution in [-0.4, -0.2) is 59.8 Å². The highest BCUT2D eigenvalue weighted by Gasteiger charge is 2.43. The van der Waals surface area contributed by atoms with E-state index < -0.39 is 5.60 Å². The molecule has 7 nitrogen and oxygen atoms in total. The van der Waals surface area contributed by atoms with Gasteiger partial charge in [0.25, 0.3) is 0 Å². The number of alkyl carbamates (subject to hydrolysis) is 1. The molecule has 2 aromatic carbocycles. The average Bonchev–Trinajstić information content (AvgIpc) is 3.43. The Morgan fingerprint density at radius 1 is 0.889 bits per heavy atom. The lowest BCUT2D eigenvalue weighted by Crippen LogP contribution is -2.45. The molecule has 0 spiro atoms. The predicted molar refractivity (Wildman–Crippen MR) is 225 cm³/mol. The fourth-order valence-electron chi connectivity index (χ4n) is 8.77. The van der Waals surface area contributed by atoms with Crippen LogP contribution in [0.3, 0.4) is 0 Å². The van der Waals surface area contributed by atoms with Gasteiger partial charge < -0.3 is 20.3 Å². The number of carbonyl (C=O) groups excluding carboxylic acids is 2. The molecule has 1 saturated carbocycles. The molecular formula is C46H61N4O3S+. The molecule has 4 aliphatic rings. The number of likely N-dealkylation sites (N-methyl/N-ethyl adjacent to an activating group) is 1. The lowest BCUT2D eigenvalue weighted by molar-refractivity contribution is -0.401. The smallest absolute Gasteiger partial charge is 0.407 e. The molecule has 0 unspecified atom stereocenters. The number of amides is 2. The number of hydrogen-bond acceptors (Lipinski definition) is 5. The lowest BCUT2D eigenvalue weighted by atomic mass is 9.81. The summed E-state index contributed by atoms with van der Waals surface area (Å²) in [7, 11) is 4.35. The van der Waals surface area contributed by atoms with Crippen LogP contribution in [-0.2, 0) is 20.4 Å².